The van der Waals surface area contributed by atoms with Crippen molar-refractivity contribution in [1.29, 1.82) is 0 Å². The highest BCUT2D eigenvalue weighted by Crippen LogP contribution is 2.27. The molecular weight excluding hydrogens is 236 g/mol. The average Bonchev–Trinajstić information content (AvgIpc) is 2.33. The molecule has 5 heteroatoms. The van der Waals surface area contributed by atoms with Gasteiger partial charge in [0.15, 0.2) is 0 Å². The Bertz CT molecular complexity index is 316. The van der Waals surface area contributed by atoms with Gasteiger partial charge in [0.05, 0.1) is 0 Å². The van der Waals surface area contributed by atoms with Crippen LogP contribution in [0.15, 0.2) is 0 Å². The molecule has 3 atom stereocenters. The molecule has 2 aliphatic heterocycles. The number of hydrogen-bond donors (Lipinski definition) is 1. The van der Waals surface area contributed by atoms with Crippen LogP contribution in [0.3, 0.4) is 0 Å². The van der Waals surface area contributed by atoms with Crippen LogP contribution in [-0.4, -0.2) is 46.3 Å². The Kier molecular flexibility index (Phi) is 3.97. The molecule has 3 unspecified atom stereocenters. The minimum absolute atomic E-state index is 0.0297. The van der Waals surface area contributed by atoms with E-state index >= 15 is 0 Å². The van der Waals surface area contributed by atoms with Crippen LogP contribution in [0.4, 0.5) is 0 Å². The summed E-state index contributed by atoms with van der Waals surface area (Å²) in [6.07, 6.45) is 3.69. The standard InChI is InChI=1S/C12H20N2O2S/c1-8-12(16)14(9(2)11(15)13-8)7-10-5-3-4-6-17-10/h8-10H,3-7H2,1-2H3,(H,13,15). The number of amides is 2. The lowest BCUT2D eigenvalue weighted by Crippen LogP contribution is -2.62. The van der Waals surface area contributed by atoms with Crippen molar-refractivity contribution in [2.24, 2.45) is 0 Å². The van der Waals surface area contributed by atoms with Gasteiger partial charge in [0.2, 0.25) is 11.8 Å². The average molecular weight is 256 g/mol. The van der Waals surface area contributed by atoms with Gasteiger partial charge in [-0.05, 0) is 32.4 Å². The second-order valence-electron chi connectivity index (χ2n) is 4.89. The number of hydrogen-bond acceptors (Lipinski definition) is 3. The zero-order chi connectivity index (χ0) is 12.4. The second kappa shape index (κ2) is 5.29. The molecule has 0 aromatic rings. The SMILES string of the molecule is CC1NC(=O)C(C)N(CC2CCCCS2)C1=O. The molecule has 0 spiro atoms. The van der Waals surface area contributed by atoms with Crippen molar-refractivity contribution < 1.29 is 9.59 Å². The van der Waals surface area contributed by atoms with Crippen LogP contribution in [0, 0.1) is 0 Å². The van der Waals surface area contributed by atoms with Crippen molar-refractivity contribution >= 4 is 23.6 Å². The fourth-order valence-corrected chi connectivity index (χ4v) is 3.70. The molecule has 96 valence electrons. The third kappa shape index (κ3) is 2.76. The van der Waals surface area contributed by atoms with Gasteiger partial charge in [-0.15, -0.1) is 0 Å². The van der Waals surface area contributed by atoms with Crippen molar-refractivity contribution in [2.45, 2.75) is 50.4 Å². The van der Waals surface area contributed by atoms with Crippen LogP contribution in [0.5, 0.6) is 0 Å². The summed E-state index contributed by atoms with van der Waals surface area (Å²) >= 11 is 1.94. The minimum atomic E-state index is -0.368. The van der Waals surface area contributed by atoms with Gasteiger partial charge >= 0.3 is 0 Å². The Labute approximate surface area is 106 Å². The van der Waals surface area contributed by atoms with Crippen molar-refractivity contribution in [3.05, 3.63) is 0 Å². The molecule has 0 radical (unpaired) electrons. The van der Waals surface area contributed by atoms with Gasteiger partial charge in [0.25, 0.3) is 0 Å². The lowest BCUT2D eigenvalue weighted by molar-refractivity contribution is -0.148. The molecule has 2 heterocycles. The summed E-state index contributed by atoms with van der Waals surface area (Å²) in [5.41, 5.74) is 0. The van der Waals surface area contributed by atoms with Crippen LogP contribution in [0.1, 0.15) is 33.1 Å². The van der Waals surface area contributed by atoms with Crippen LogP contribution in [0.2, 0.25) is 0 Å². The largest absolute Gasteiger partial charge is 0.343 e. The maximum atomic E-state index is 12.1. The Balaban J connectivity index is 2.00. The predicted octanol–water partition coefficient (Wildman–Crippen LogP) is 1.01. The van der Waals surface area contributed by atoms with E-state index in [2.05, 4.69) is 5.32 Å². The molecule has 2 rings (SSSR count). The number of nitrogens with one attached hydrogen (secondary N) is 1. The highest BCUT2D eigenvalue weighted by Gasteiger charge is 2.36. The first-order valence-corrected chi connectivity index (χ1v) is 7.37. The fraction of sp³-hybridized carbons (Fsp3) is 0.833. The molecule has 2 aliphatic rings. The maximum Gasteiger partial charge on any atom is 0.245 e. The topological polar surface area (TPSA) is 49.4 Å². The van der Waals surface area contributed by atoms with E-state index in [9.17, 15) is 9.59 Å². The Hall–Kier alpha value is -0.710. The first-order valence-electron chi connectivity index (χ1n) is 6.32. The molecule has 0 aromatic heterocycles. The van der Waals surface area contributed by atoms with E-state index in [0.717, 1.165) is 13.0 Å². The number of rotatable bonds is 2. The van der Waals surface area contributed by atoms with Crippen LogP contribution in [0.25, 0.3) is 0 Å². The number of carbonyl (C=O) groups is 2. The molecule has 0 saturated carbocycles. The van der Waals surface area contributed by atoms with Crippen molar-refractivity contribution in [2.75, 3.05) is 12.3 Å². The van der Waals surface area contributed by atoms with E-state index in [4.69, 9.17) is 0 Å². The monoisotopic (exact) mass is 256 g/mol. The summed E-state index contributed by atoms with van der Waals surface area (Å²) < 4.78 is 0. The first kappa shape index (κ1) is 12.7. The number of thioether (sulfide) groups is 1. The van der Waals surface area contributed by atoms with E-state index < -0.39 is 0 Å². The predicted molar refractivity (Wildman–Crippen MR) is 68.9 cm³/mol. The Morgan fingerprint density at radius 1 is 1.35 bits per heavy atom. The zero-order valence-corrected chi connectivity index (χ0v) is 11.3. The molecule has 2 amide bonds. The normalized spacial score (nSPS) is 34.7. The van der Waals surface area contributed by atoms with Crippen LogP contribution < -0.4 is 5.32 Å². The molecule has 2 saturated heterocycles. The first-order chi connectivity index (χ1) is 8.09. The molecule has 0 bridgehead atoms. The van der Waals surface area contributed by atoms with Crippen LogP contribution in [-0.2, 0) is 9.59 Å². The quantitative estimate of drug-likeness (QED) is 0.802. The molecule has 1 N–H and O–H groups in total. The van der Waals surface area contributed by atoms with Gasteiger partial charge in [-0.3, -0.25) is 9.59 Å². The molecule has 17 heavy (non-hydrogen) atoms. The van der Waals surface area contributed by atoms with Crippen molar-refractivity contribution in [1.82, 2.24) is 10.2 Å². The van der Waals surface area contributed by atoms with E-state index in [1.807, 2.05) is 18.7 Å². The summed E-state index contributed by atoms with van der Waals surface area (Å²) in [6, 6.07) is -0.687. The zero-order valence-electron chi connectivity index (χ0n) is 10.4. The molecule has 4 nitrogen and oxygen atoms in total. The molecule has 0 aromatic carbocycles. The number of carbonyl (C=O) groups excluding carboxylic acids is 2. The van der Waals surface area contributed by atoms with E-state index in [1.54, 1.807) is 11.8 Å². The minimum Gasteiger partial charge on any atom is -0.343 e. The molecule has 2 fully saturated rings. The summed E-state index contributed by atoms with van der Waals surface area (Å²) in [7, 11) is 0. The van der Waals surface area contributed by atoms with Gasteiger partial charge < -0.3 is 10.2 Å². The van der Waals surface area contributed by atoms with Gasteiger partial charge in [0, 0.05) is 11.8 Å². The summed E-state index contributed by atoms with van der Waals surface area (Å²) in [6.45, 7) is 4.29. The van der Waals surface area contributed by atoms with Crippen molar-refractivity contribution in [3.8, 4) is 0 Å². The third-order valence-electron chi connectivity index (χ3n) is 3.53. The lowest BCUT2D eigenvalue weighted by atomic mass is 10.1. The van der Waals surface area contributed by atoms with Gasteiger partial charge in [-0.25, -0.2) is 0 Å². The Morgan fingerprint density at radius 2 is 2.12 bits per heavy atom. The highest BCUT2D eigenvalue weighted by molar-refractivity contribution is 7.99. The van der Waals surface area contributed by atoms with E-state index in [0.29, 0.717) is 5.25 Å². The summed E-state index contributed by atoms with van der Waals surface area (Å²) in [4.78, 5) is 25.5. The third-order valence-corrected chi connectivity index (χ3v) is 4.91. The van der Waals surface area contributed by atoms with Crippen molar-refractivity contribution in [3.63, 3.8) is 0 Å². The smallest absolute Gasteiger partial charge is 0.245 e. The van der Waals surface area contributed by atoms with Crippen LogP contribution >= 0.6 is 11.8 Å². The van der Waals surface area contributed by atoms with E-state index in [-0.39, 0.29) is 23.9 Å². The van der Waals surface area contributed by atoms with Gasteiger partial charge in [-0.2, -0.15) is 11.8 Å². The lowest BCUT2D eigenvalue weighted by Gasteiger charge is -2.38. The number of nitrogens with zero attached hydrogens (tertiary/aromatic N) is 1. The molecule has 0 aliphatic carbocycles. The Morgan fingerprint density at radius 3 is 2.76 bits per heavy atom. The fourth-order valence-electron chi connectivity index (χ4n) is 2.40. The highest BCUT2D eigenvalue weighted by atomic mass is 32.2. The number of piperazine rings is 1. The maximum absolute atomic E-state index is 12.1. The second-order valence-corrected chi connectivity index (χ2v) is 6.29. The summed E-state index contributed by atoms with van der Waals surface area (Å²) in [5, 5.41) is 3.22. The molecular formula is C12H20N2O2S. The summed E-state index contributed by atoms with van der Waals surface area (Å²) in [5.74, 6) is 1.21. The van der Waals surface area contributed by atoms with Gasteiger partial charge in [-0.1, -0.05) is 6.42 Å². The van der Waals surface area contributed by atoms with Gasteiger partial charge in [0.1, 0.15) is 12.1 Å². The van der Waals surface area contributed by atoms with E-state index in [1.165, 1.54) is 18.6 Å².